The zero-order valence-electron chi connectivity index (χ0n) is 9.38. The lowest BCUT2D eigenvalue weighted by Crippen LogP contribution is -2.27. The molecular weight excluding hydrogens is 234 g/mol. The lowest BCUT2D eigenvalue weighted by Gasteiger charge is -2.10. The van der Waals surface area contributed by atoms with Crippen LogP contribution in [0.25, 0.3) is 0 Å². The Hall–Kier alpha value is -1.72. The first-order chi connectivity index (χ1) is 8.16. The standard InChI is InChI=1S/C12H13N3OS/c1-8-7-14-12(17-8)15-11(16)10(13)9-5-3-2-4-6-9/h2-7,10H,13H2,1H3,(H,14,15,16)/t10-/m1/s1. The van der Waals surface area contributed by atoms with E-state index in [9.17, 15) is 4.79 Å². The van der Waals surface area contributed by atoms with Crippen LogP contribution in [-0.4, -0.2) is 10.9 Å². The molecule has 0 aliphatic heterocycles. The summed E-state index contributed by atoms with van der Waals surface area (Å²) in [4.78, 5) is 17.0. The van der Waals surface area contributed by atoms with E-state index in [1.807, 2.05) is 37.3 Å². The summed E-state index contributed by atoms with van der Waals surface area (Å²) < 4.78 is 0. The monoisotopic (exact) mass is 247 g/mol. The molecule has 0 fully saturated rings. The van der Waals surface area contributed by atoms with E-state index in [0.29, 0.717) is 5.13 Å². The van der Waals surface area contributed by atoms with Crippen molar-refractivity contribution >= 4 is 22.4 Å². The molecule has 0 bridgehead atoms. The molecule has 2 rings (SSSR count). The Bertz CT molecular complexity index is 509. The molecular formula is C12H13N3OS. The summed E-state index contributed by atoms with van der Waals surface area (Å²) in [6, 6.07) is 8.60. The summed E-state index contributed by atoms with van der Waals surface area (Å²) >= 11 is 1.43. The second-order valence-electron chi connectivity index (χ2n) is 3.65. The quantitative estimate of drug-likeness (QED) is 0.872. The van der Waals surface area contributed by atoms with Crippen LogP contribution >= 0.6 is 11.3 Å². The molecule has 1 aromatic heterocycles. The normalized spacial score (nSPS) is 12.1. The zero-order valence-corrected chi connectivity index (χ0v) is 10.2. The van der Waals surface area contributed by atoms with Gasteiger partial charge in [0.05, 0.1) is 0 Å². The van der Waals surface area contributed by atoms with E-state index >= 15 is 0 Å². The van der Waals surface area contributed by atoms with Gasteiger partial charge in [-0.3, -0.25) is 4.79 Å². The Morgan fingerprint density at radius 2 is 2.12 bits per heavy atom. The van der Waals surface area contributed by atoms with Crippen molar-refractivity contribution in [1.29, 1.82) is 0 Å². The van der Waals surface area contributed by atoms with Crippen molar-refractivity contribution in [1.82, 2.24) is 4.98 Å². The van der Waals surface area contributed by atoms with Gasteiger partial charge in [0.25, 0.3) is 0 Å². The van der Waals surface area contributed by atoms with Crippen LogP contribution in [-0.2, 0) is 4.79 Å². The number of benzene rings is 1. The van der Waals surface area contributed by atoms with E-state index in [1.165, 1.54) is 11.3 Å². The van der Waals surface area contributed by atoms with E-state index in [4.69, 9.17) is 5.73 Å². The number of hydrogen-bond donors (Lipinski definition) is 2. The minimum absolute atomic E-state index is 0.245. The van der Waals surface area contributed by atoms with Crippen molar-refractivity contribution in [3.8, 4) is 0 Å². The summed E-state index contributed by atoms with van der Waals surface area (Å²) in [7, 11) is 0. The van der Waals surface area contributed by atoms with Crippen molar-refractivity contribution in [3.05, 3.63) is 47.0 Å². The Kier molecular flexibility index (Phi) is 3.51. The summed E-state index contributed by atoms with van der Waals surface area (Å²) in [5.74, 6) is -0.245. The molecule has 1 aromatic carbocycles. The Morgan fingerprint density at radius 1 is 1.41 bits per heavy atom. The van der Waals surface area contributed by atoms with Gasteiger partial charge in [-0.25, -0.2) is 4.98 Å². The number of nitrogens with zero attached hydrogens (tertiary/aromatic N) is 1. The van der Waals surface area contributed by atoms with Gasteiger partial charge in [0, 0.05) is 11.1 Å². The van der Waals surface area contributed by atoms with Gasteiger partial charge in [-0.15, -0.1) is 11.3 Å². The molecule has 17 heavy (non-hydrogen) atoms. The molecule has 2 aromatic rings. The second kappa shape index (κ2) is 5.07. The number of anilines is 1. The van der Waals surface area contributed by atoms with Crippen LogP contribution in [0.4, 0.5) is 5.13 Å². The van der Waals surface area contributed by atoms with Crippen molar-refractivity contribution in [3.63, 3.8) is 0 Å². The maximum absolute atomic E-state index is 11.9. The first-order valence-corrected chi connectivity index (χ1v) is 6.02. The van der Waals surface area contributed by atoms with Crippen LogP contribution in [0.2, 0.25) is 0 Å². The molecule has 0 saturated carbocycles. The number of hydrogen-bond acceptors (Lipinski definition) is 4. The first kappa shape index (κ1) is 11.8. The van der Waals surface area contributed by atoms with Crippen molar-refractivity contribution in [2.45, 2.75) is 13.0 Å². The molecule has 0 radical (unpaired) electrons. The average molecular weight is 247 g/mol. The summed E-state index contributed by atoms with van der Waals surface area (Å²) in [5, 5.41) is 3.29. The van der Waals surface area contributed by atoms with Crippen LogP contribution in [0, 0.1) is 6.92 Å². The van der Waals surface area contributed by atoms with Gasteiger partial charge in [0.2, 0.25) is 5.91 Å². The minimum Gasteiger partial charge on any atom is -0.316 e. The third-order valence-electron chi connectivity index (χ3n) is 2.29. The van der Waals surface area contributed by atoms with Crippen LogP contribution in [0.1, 0.15) is 16.5 Å². The molecule has 3 N–H and O–H groups in total. The Balaban J connectivity index is 2.06. The van der Waals surface area contributed by atoms with E-state index in [-0.39, 0.29) is 5.91 Å². The third-order valence-corrected chi connectivity index (χ3v) is 3.12. The van der Waals surface area contributed by atoms with Crippen LogP contribution < -0.4 is 11.1 Å². The van der Waals surface area contributed by atoms with Gasteiger partial charge in [-0.05, 0) is 12.5 Å². The van der Waals surface area contributed by atoms with Gasteiger partial charge in [0.1, 0.15) is 6.04 Å². The molecule has 0 aliphatic carbocycles. The largest absolute Gasteiger partial charge is 0.316 e. The fourth-order valence-corrected chi connectivity index (χ4v) is 2.07. The third kappa shape index (κ3) is 2.89. The van der Waals surface area contributed by atoms with Crippen LogP contribution in [0.15, 0.2) is 36.5 Å². The van der Waals surface area contributed by atoms with E-state index in [0.717, 1.165) is 10.4 Å². The van der Waals surface area contributed by atoms with Gasteiger partial charge in [-0.1, -0.05) is 30.3 Å². The zero-order chi connectivity index (χ0) is 12.3. The van der Waals surface area contributed by atoms with Gasteiger partial charge < -0.3 is 11.1 Å². The van der Waals surface area contributed by atoms with Crippen LogP contribution in [0.3, 0.4) is 0 Å². The molecule has 0 spiro atoms. The van der Waals surface area contributed by atoms with Crippen molar-refractivity contribution < 1.29 is 4.79 Å². The second-order valence-corrected chi connectivity index (χ2v) is 4.89. The number of aromatic nitrogens is 1. The van der Waals surface area contributed by atoms with E-state index < -0.39 is 6.04 Å². The number of aryl methyl sites for hydroxylation is 1. The lowest BCUT2D eigenvalue weighted by atomic mass is 10.1. The Morgan fingerprint density at radius 3 is 2.71 bits per heavy atom. The van der Waals surface area contributed by atoms with E-state index in [1.54, 1.807) is 6.20 Å². The molecule has 88 valence electrons. The predicted octanol–water partition coefficient (Wildman–Crippen LogP) is 2.09. The lowest BCUT2D eigenvalue weighted by molar-refractivity contribution is -0.117. The first-order valence-electron chi connectivity index (χ1n) is 5.20. The van der Waals surface area contributed by atoms with Crippen molar-refractivity contribution in [2.75, 3.05) is 5.32 Å². The summed E-state index contributed by atoms with van der Waals surface area (Å²) in [6.07, 6.45) is 1.72. The number of thiazole rings is 1. The molecule has 5 heteroatoms. The Labute approximate surface area is 103 Å². The molecule has 1 heterocycles. The van der Waals surface area contributed by atoms with Gasteiger partial charge >= 0.3 is 0 Å². The maximum Gasteiger partial charge on any atom is 0.247 e. The SMILES string of the molecule is Cc1cnc(NC(=O)[C@H](N)c2ccccc2)s1. The highest BCUT2D eigenvalue weighted by Gasteiger charge is 2.16. The number of amides is 1. The van der Waals surface area contributed by atoms with E-state index in [2.05, 4.69) is 10.3 Å². The average Bonchev–Trinajstić information content (AvgIpc) is 2.75. The highest BCUT2D eigenvalue weighted by Crippen LogP contribution is 2.18. The molecule has 1 amide bonds. The minimum atomic E-state index is -0.666. The maximum atomic E-state index is 11.9. The smallest absolute Gasteiger partial charge is 0.247 e. The molecule has 0 unspecified atom stereocenters. The summed E-state index contributed by atoms with van der Waals surface area (Å²) in [6.45, 7) is 1.93. The number of nitrogens with one attached hydrogen (secondary N) is 1. The molecule has 1 atom stereocenters. The highest BCUT2D eigenvalue weighted by molar-refractivity contribution is 7.15. The van der Waals surface area contributed by atoms with Gasteiger partial charge in [0.15, 0.2) is 5.13 Å². The molecule has 0 saturated heterocycles. The number of carbonyl (C=O) groups excluding carboxylic acids is 1. The number of rotatable bonds is 3. The molecule has 0 aliphatic rings. The fourth-order valence-electron chi connectivity index (χ4n) is 1.41. The van der Waals surface area contributed by atoms with Gasteiger partial charge in [-0.2, -0.15) is 0 Å². The number of nitrogens with two attached hydrogens (primary N) is 1. The molecule has 4 nitrogen and oxygen atoms in total. The number of carbonyl (C=O) groups is 1. The summed E-state index contributed by atoms with van der Waals surface area (Å²) in [5.41, 5.74) is 6.65. The highest BCUT2D eigenvalue weighted by atomic mass is 32.1. The van der Waals surface area contributed by atoms with Crippen molar-refractivity contribution in [2.24, 2.45) is 5.73 Å². The topological polar surface area (TPSA) is 68.0 Å². The van der Waals surface area contributed by atoms with Crippen LogP contribution in [0.5, 0.6) is 0 Å². The fraction of sp³-hybridized carbons (Fsp3) is 0.167. The predicted molar refractivity (Wildman–Crippen MR) is 68.9 cm³/mol.